The van der Waals surface area contributed by atoms with E-state index >= 15 is 0 Å². The number of hydrogen-bond donors (Lipinski definition) is 2. The minimum atomic E-state index is -0.396. The zero-order valence-electron chi connectivity index (χ0n) is 11.9. The molecule has 2 aliphatic rings. The molecule has 6 heteroatoms. The van der Waals surface area contributed by atoms with E-state index in [0.29, 0.717) is 11.2 Å². The average Bonchev–Trinajstić information content (AvgIpc) is 2.51. The minimum Gasteiger partial charge on any atom is -0.315 e. The third kappa shape index (κ3) is 3.30. The van der Waals surface area contributed by atoms with Crippen molar-refractivity contribution >= 4 is 34.6 Å². The number of halogens is 2. The third-order valence-corrected chi connectivity index (χ3v) is 5.12. The molecule has 1 aliphatic carbocycles. The van der Waals surface area contributed by atoms with E-state index < -0.39 is 5.82 Å². The van der Waals surface area contributed by atoms with Gasteiger partial charge in [-0.15, -0.1) is 0 Å². The molecule has 1 saturated heterocycles. The number of anilines is 1. The third-order valence-electron chi connectivity index (χ3n) is 4.47. The molecule has 1 heterocycles. The molecule has 1 atom stereocenters. The van der Waals surface area contributed by atoms with Crippen molar-refractivity contribution in [3.63, 3.8) is 0 Å². The van der Waals surface area contributed by atoms with Crippen molar-refractivity contribution < 1.29 is 9.29 Å². The highest BCUT2D eigenvalue weighted by atomic mass is 35.5. The van der Waals surface area contributed by atoms with Crippen molar-refractivity contribution in [2.45, 2.75) is 38.1 Å². The van der Waals surface area contributed by atoms with Crippen LogP contribution in [0, 0.1) is 5.82 Å². The summed E-state index contributed by atoms with van der Waals surface area (Å²) in [6.45, 7) is 1.69. The Kier molecular flexibility index (Phi) is 4.62. The maximum atomic E-state index is 13.3. The molecule has 3 rings (SSSR count). The van der Waals surface area contributed by atoms with Crippen LogP contribution in [0.25, 0.3) is 0 Å². The first-order valence-corrected chi connectivity index (χ1v) is 8.29. The molecular formula is C15H20ClFN3S+. The maximum Gasteiger partial charge on any atom is 0.182 e. The van der Waals surface area contributed by atoms with E-state index in [4.69, 9.17) is 23.8 Å². The highest BCUT2D eigenvalue weighted by molar-refractivity contribution is 7.80. The Balaban J connectivity index is 1.76. The van der Waals surface area contributed by atoms with E-state index in [9.17, 15) is 4.39 Å². The quantitative estimate of drug-likeness (QED) is 0.813. The largest absolute Gasteiger partial charge is 0.315 e. The smallest absolute Gasteiger partial charge is 0.182 e. The monoisotopic (exact) mass is 328 g/mol. The Morgan fingerprint density at radius 3 is 2.76 bits per heavy atom. The molecule has 1 aromatic rings. The van der Waals surface area contributed by atoms with Gasteiger partial charge in [0.1, 0.15) is 5.82 Å². The molecule has 0 spiro atoms. The van der Waals surface area contributed by atoms with E-state index in [2.05, 4.69) is 5.32 Å². The molecule has 0 radical (unpaired) electrons. The summed E-state index contributed by atoms with van der Waals surface area (Å²) in [6, 6.07) is 5.47. The van der Waals surface area contributed by atoms with E-state index in [1.54, 1.807) is 12.1 Å². The molecule has 3 nitrogen and oxygen atoms in total. The van der Waals surface area contributed by atoms with Crippen molar-refractivity contribution in [1.29, 1.82) is 0 Å². The lowest BCUT2D eigenvalue weighted by Gasteiger charge is -2.40. The normalized spacial score (nSPS) is 24.0. The van der Waals surface area contributed by atoms with Gasteiger partial charge in [0, 0.05) is 0 Å². The van der Waals surface area contributed by atoms with E-state index in [-0.39, 0.29) is 5.02 Å². The molecule has 0 bridgehead atoms. The Bertz CT molecular complexity index is 534. The number of benzene rings is 1. The molecule has 1 saturated carbocycles. The second-order valence-corrected chi connectivity index (χ2v) is 6.63. The van der Waals surface area contributed by atoms with Crippen molar-refractivity contribution in [2.75, 3.05) is 18.2 Å². The maximum absolute atomic E-state index is 13.3. The molecule has 2 N–H and O–H groups in total. The average molecular weight is 329 g/mol. The highest BCUT2D eigenvalue weighted by Crippen LogP contribution is 2.23. The van der Waals surface area contributed by atoms with Crippen LogP contribution in [0.5, 0.6) is 0 Å². The SMILES string of the molecule is Fc1ccc(N2C[NH+](C3CCCCC3)CNC2=S)cc1Cl. The second kappa shape index (κ2) is 6.46. The van der Waals surface area contributed by atoms with Crippen LogP contribution in [0.3, 0.4) is 0 Å². The predicted molar refractivity (Wildman–Crippen MR) is 87.2 cm³/mol. The first-order chi connectivity index (χ1) is 10.1. The lowest BCUT2D eigenvalue weighted by atomic mass is 9.94. The van der Waals surface area contributed by atoms with Gasteiger partial charge in [0.2, 0.25) is 0 Å². The van der Waals surface area contributed by atoms with Gasteiger partial charge in [0.05, 0.1) is 16.8 Å². The van der Waals surface area contributed by atoms with Crippen LogP contribution in [-0.2, 0) is 0 Å². The van der Waals surface area contributed by atoms with Gasteiger partial charge in [0.15, 0.2) is 18.4 Å². The zero-order chi connectivity index (χ0) is 14.8. The number of nitrogens with one attached hydrogen (secondary N) is 2. The number of thiocarbonyl (C=S) groups is 1. The van der Waals surface area contributed by atoms with Crippen LogP contribution in [0.1, 0.15) is 32.1 Å². The molecule has 114 valence electrons. The van der Waals surface area contributed by atoms with Crippen molar-refractivity contribution in [1.82, 2.24) is 5.32 Å². The summed E-state index contributed by atoms with van der Waals surface area (Å²) in [6.07, 6.45) is 6.55. The molecular weight excluding hydrogens is 309 g/mol. The fraction of sp³-hybridized carbons (Fsp3) is 0.533. The van der Waals surface area contributed by atoms with Gasteiger partial charge in [-0.25, -0.2) is 4.39 Å². The van der Waals surface area contributed by atoms with Crippen LogP contribution >= 0.6 is 23.8 Å². The minimum absolute atomic E-state index is 0.139. The van der Waals surface area contributed by atoms with Gasteiger partial charge < -0.3 is 5.32 Å². The summed E-state index contributed by atoms with van der Waals surface area (Å²) in [7, 11) is 0. The summed E-state index contributed by atoms with van der Waals surface area (Å²) in [5.74, 6) is -0.396. The van der Waals surface area contributed by atoms with Gasteiger partial charge in [-0.05, 0) is 56.1 Å². The highest BCUT2D eigenvalue weighted by Gasteiger charge is 2.31. The lowest BCUT2D eigenvalue weighted by Crippen LogP contribution is -3.20. The van der Waals surface area contributed by atoms with Crippen LogP contribution in [0.4, 0.5) is 10.1 Å². The Labute approximate surface area is 135 Å². The van der Waals surface area contributed by atoms with Crippen LogP contribution in [0.2, 0.25) is 5.02 Å². The Hall–Kier alpha value is -0.910. The fourth-order valence-corrected chi connectivity index (χ4v) is 3.68. The Morgan fingerprint density at radius 1 is 1.29 bits per heavy atom. The van der Waals surface area contributed by atoms with Crippen molar-refractivity contribution in [3.8, 4) is 0 Å². The molecule has 21 heavy (non-hydrogen) atoms. The second-order valence-electron chi connectivity index (χ2n) is 5.84. The number of rotatable bonds is 2. The summed E-state index contributed by atoms with van der Waals surface area (Å²) in [5.41, 5.74) is 0.854. The molecule has 0 amide bonds. The van der Waals surface area contributed by atoms with Crippen LogP contribution < -0.4 is 15.1 Å². The lowest BCUT2D eigenvalue weighted by molar-refractivity contribution is -0.929. The van der Waals surface area contributed by atoms with E-state index in [1.807, 2.05) is 4.90 Å². The van der Waals surface area contributed by atoms with Crippen LogP contribution in [0.15, 0.2) is 18.2 Å². The Morgan fingerprint density at radius 2 is 2.05 bits per heavy atom. The standard InChI is InChI=1S/C15H19ClFN3S/c16-13-8-12(6-7-14(13)17)20-10-19(9-18-15(20)21)11-4-2-1-3-5-11/h6-8,11H,1-5,9-10H2,(H,18,21)/p+1. The molecule has 1 unspecified atom stereocenters. The first kappa shape index (κ1) is 15.0. The number of hydrogen-bond acceptors (Lipinski definition) is 1. The first-order valence-electron chi connectivity index (χ1n) is 7.50. The van der Waals surface area contributed by atoms with Crippen LogP contribution in [-0.4, -0.2) is 24.5 Å². The molecule has 1 aromatic carbocycles. The number of nitrogens with zero attached hydrogens (tertiary/aromatic N) is 1. The number of quaternary nitrogens is 1. The van der Waals surface area contributed by atoms with E-state index in [0.717, 1.165) is 19.0 Å². The van der Waals surface area contributed by atoms with Gasteiger partial charge in [-0.1, -0.05) is 18.0 Å². The zero-order valence-corrected chi connectivity index (χ0v) is 13.4. The summed E-state index contributed by atoms with van der Waals surface area (Å²) >= 11 is 11.3. The van der Waals surface area contributed by atoms with E-state index in [1.165, 1.54) is 43.1 Å². The summed E-state index contributed by atoms with van der Waals surface area (Å²) in [5, 5.41) is 4.13. The summed E-state index contributed by atoms with van der Waals surface area (Å²) < 4.78 is 13.3. The fourth-order valence-electron chi connectivity index (χ4n) is 3.26. The van der Waals surface area contributed by atoms with Gasteiger partial charge in [-0.2, -0.15) is 0 Å². The summed E-state index contributed by atoms with van der Waals surface area (Å²) in [4.78, 5) is 3.53. The van der Waals surface area contributed by atoms with Crippen molar-refractivity contribution in [2.24, 2.45) is 0 Å². The van der Waals surface area contributed by atoms with Crippen molar-refractivity contribution in [3.05, 3.63) is 29.0 Å². The molecule has 2 fully saturated rings. The topological polar surface area (TPSA) is 19.7 Å². The van der Waals surface area contributed by atoms with Gasteiger partial charge in [-0.3, -0.25) is 9.80 Å². The molecule has 0 aromatic heterocycles. The van der Waals surface area contributed by atoms with Gasteiger partial charge >= 0.3 is 0 Å². The molecule has 1 aliphatic heterocycles. The van der Waals surface area contributed by atoms with Gasteiger partial charge in [0.25, 0.3) is 0 Å². The predicted octanol–water partition coefficient (Wildman–Crippen LogP) is 2.31.